The van der Waals surface area contributed by atoms with E-state index in [1.165, 1.54) is 0 Å². The average molecular weight is 423 g/mol. The smallest absolute Gasteiger partial charge is 0.243 e. The Hall–Kier alpha value is -2.05. The minimum Gasteiger partial charge on any atom is -0.375 e. The molecule has 2 amide bonds. The first-order chi connectivity index (χ1) is 11.9. The van der Waals surface area contributed by atoms with E-state index in [0.717, 1.165) is 27.8 Å². The molecule has 0 spiro atoms. The van der Waals surface area contributed by atoms with Crippen LogP contribution in [0.4, 0.5) is 17.1 Å². The Bertz CT molecular complexity index is 841. The first-order valence-corrected chi connectivity index (χ1v) is 9.01. The fourth-order valence-electron chi connectivity index (χ4n) is 2.82. The van der Waals surface area contributed by atoms with Gasteiger partial charge in [0.15, 0.2) is 0 Å². The summed E-state index contributed by atoms with van der Waals surface area (Å²) in [6.07, 6.45) is 0.797. The molecule has 0 bridgehead atoms. The van der Waals surface area contributed by atoms with Gasteiger partial charge in [-0.2, -0.15) is 0 Å². The average Bonchev–Trinajstić information content (AvgIpc) is 2.97. The molecule has 0 atom stereocenters. The molecule has 0 radical (unpaired) electrons. The topological polar surface area (TPSA) is 61.4 Å². The summed E-state index contributed by atoms with van der Waals surface area (Å²) < 4.78 is 0.880. The molecule has 1 aliphatic rings. The van der Waals surface area contributed by atoms with Crippen LogP contribution in [0.3, 0.4) is 0 Å². The van der Waals surface area contributed by atoms with Crippen LogP contribution < -0.4 is 15.5 Å². The van der Waals surface area contributed by atoms with Gasteiger partial charge in [0.25, 0.3) is 0 Å². The van der Waals surface area contributed by atoms with Gasteiger partial charge in [-0.15, -0.1) is 0 Å². The van der Waals surface area contributed by atoms with Crippen molar-refractivity contribution in [2.24, 2.45) is 0 Å². The number of anilines is 3. The zero-order valence-electron chi connectivity index (χ0n) is 13.6. The highest BCUT2D eigenvalue weighted by Gasteiger charge is 2.22. The largest absolute Gasteiger partial charge is 0.375 e. The van der Waals surface area contributed by atoms with Crippen molar-refractivity contribution in [1.82, 2.24) is 0 Å². The van der Waals surface area contributed by atoms with E-state index >= 15 is 0 Å². The van der Waals surface area contributed by atoms with Gasteiger partial charge in [-0.3, -0.25) is 9.59 Å². The first-order valence-electron chi connectivity index (χ1n) is 7.84. The third-order valence-corrected chi connectivity index (χ3v) is 4.82. The lowest BCUT2D eigenvalue weighted by atomic mass is 10.1. The maximum absolute atomic E-state index is 12.1. The summed E-state index contributed by atoms with van der Waals surface area (Å²) in [7, 11) is 0. The molecule has 130 valence electrons. The zero-order valence-corrected chi connectivity index (χ0v) is 15.9. The molecule has 7 heteroatoms. The second-order valence-electron chi connectivity index (χ2n) is 5.79. The fraction of sp³-hybridized carbons (Fsp3) is 0.222. The summed E-state index contributed by atoms with van der Waals surface area (Å²) in [5.41, 5.74) is 3.41. The highest BCUT2D eigenvalue weighted by molar-refractivity contribution is 9.10. The zero-order chi connectivity index (χ0) is 18.0. The summed E-state index contributed by atoms with van der Waals surface area (Å²) in [4.78, 5) is 25.5. The number of rotatable bonds is 4. The second-order valence-corrected chi connectivity index (χ2v) is 7.11. The Morgan fingerprint density at radius 3 is 2.76 bits per heavy atom. The van der Waals surface area contributed by atoms with Crippen LogP contribution in [0.15, 0.2) is 40.9 Å². The number of halogens is 2. The van der Waals surface area contributed by atoms with Crippen molar-refractivity contribution in [3.63, 3.8) is 0 Å². The molecule has 0 unspecified atom stereocenters. The molecule has 2 aromatic carbocycles. The van der Waals surface area contributed by atoms with Crippen LogP contribution in [-0.2, 0) is 16.0 Å². The summed E-state index contributed by atoms with van der Waals surface area (Å²) in [6.45, 7) is 2.35. The second kappa shape index (κ2) is 7.45. The van der Waals surface area contributed by atoms with Gasteiger partial charge in [0.05, 0.1) is 17.3 Å². The van der Waals surface area contributed by atoms with Crippen molar-refractivity contribution < 1.29 is 9.59 Å². The van der Waals surface area contributed by atoms with Crippen molar-refractivity contribution in [2.45, 2.75) is 13.3 Å². The lowest BCUT2D eigenvalue weighted by molar-refractivity contribution is -0.116. The highest BCUT2D eigenvalue weighted by atomic mass is 79.9. The lowest BCUT2D eigenvalue weighted by Gasteiger charge is -2.15. The van der Waals surface area contributed by atoms with Gasteiger partial charge in [-0.05, 0) is 48.4 Å². The molecule has 0 saturated carbocycles. The number of carbonyl (C=O) groups is 2. The van der Waals surface area contributed by atoms with E-state index in [9.17, 15) is 9.59 Å². The van der Waals surface area contributed by atoms with Crippen LogP contribution in [-0.4, -0.2) is 24.9 Å². The third kappa shape index (κ3) is 4.14. The molecule has 0 aliphatic carbocycles. The predicted molar refractivity (Wildman–Crippen MR) is 104 cm³/mol. The van der Waals surface area contributed by atoms with Gasteiger partial charge in [-0.1, -0.05) is 27.5 Å². The van der Waals surface area contributed by atoms with Crippen molar-refractivity contribution in [1.29, 1.82) is 0 Å². The van der Waals surface area contributed by atoms with Gasteiger partial charge >= 0.3 is 0 Å². The summed E-state index contributed by atoms with van der Waals surface area (Å²) in [5.74, 6) is -0.133. The maximum atomic E-state index is 12.1. The minimum absolute atomic E-state index is 0.0334. The molecular weight excluding hydrogens is 406 g/mol. The van der Waals surface area contributed by atoms with E-state index in [1.54, 1.807) is 17.9 Å². The SMILES string of the molecule is CC(=O)N1CCc2cc(NC(=O)CNc3ccc(Br)cc3Cl)ccc21. The third-order valence-electron chi connectivity index (χ3n) is 4.01. The van der Waals surface area contributed by atoms with Gasteiger partial charge in [0.2, 0.25) is 11.8 Å². The number of carbonyl (C=O) groups excluding carboxylic acids is 2. The van der Waals surface area contributed by atoms with Crippen molar-refractivity contribution in [3.05, 3.63) is 51.5 Å². The molecule has 1 aliphatic heterocycles. The Kier molecular flexibility index (Phi) is 5.30. The molecule has 3 rings (SSSR count). The number of hydrogen-bond donors (Lipinski definition) is 2. The van der Waals surface area contributed by atoms with Crippen LogP contribution in [0.25, 0.3) is 0 Å². The van der Waals surface area contributed by atoms with Crippen molar-refractivity contribution in [2.75, 3.05) is 28.6 Å². The van der Waals surface area contributed by atoms with Gasteiger partial charge in [0.1, 0.15) is 0 Å². The van der Waals surface area contributed by atoms with E-state index in [1.807, 2.05) is 30.3 Å². The maximum Gasteiger partial charge on any atom is 0.243 e. The number of fused-ring (bicyclic) bond motifs is 1. The molecule has 25 heavy (non-hydrogen) atoms. The quantitative estimate of drug-likeness (QED) is 0.781. The van der Waals surface area contributed by atoms with Crippen molar-refractivity contribution >= 4 is 56.4 Å². The number of nitrogens with one attached hydrogen (secondary N) is 2. The van der Waals surface area contributed by atoms with Gasteiger partial charge < -0.3 is 15.5 Å². The molecule has 0 fully saturated rings. The molecular formula is C18H17BrClN3O2. The van der Waals surface area contributed by atoms with Gasteiger partial charge in [0, 0.05) is 29.3 Å². The fourth-order valence-corrected chi connectivity index (χ4v) is 3.56. The predicted octanol–water partition coefficient (Wildman–Crippen LogP) is 4.06. The number of benzene rings is 2. The Labute approximate surface area is 159 Å². The Balaban J connectivity index is 1.61. The monoisotopic (exact) mass is 421 g/mol. The number of nitrogens with zero attached hydrogens (tertiary/aromatic N) is 1. The summed E-state index contributed by atoms with van der Waals surface area (Å²) in [5, 5.41) is 6.42. The summed E-state index contributed by atoms with van der Waals surface area (Å²) in [6, 6.07) is 11.0. The molecule has 0 aromatic heterocycles. The van der Waals surface area contributed by atoms with Gasteiger partial charge in [-0.25, -0.2) is 0 Å². The van der Waals surface area contributed by atoms with E-state index < -0.39 is 0 Å². The Morgan fingerprint density at radius 2 is 2.04 bits per heavy atom. The molecule has 1 heterocycles. The minimum atomic E-state index is -0.166. The van der Waals surface area contributed by atoms with E-state index in [0.29, 0.717) is 17.3 Å². The number of amides is 2. The molecule has 5 nitrogen and oxygen atoms in total. The molecule has 0 saturated heterocycles. The standard InChI is InChI=1S/C18H17BrClN3O2/c1-11(24)23-7-6-12-8-14(3-5-17(12)23)22-18(25)10-21-16-4-2-13(19)9-15(16)20/h2-5,8-9,21H,6-7,10H2,1H3,(H,22,25). The van der Waals surface area contributed by atoms with Crippen LogP contribution in [0.1, 0.15) is 12.5 Å². The van der Waals surface area contributed by atoms with Crippen LogP contribution >= 0.6 is 27.5 Å². The van der Waals surface area contributed by atoms with Crippen molar-refractivity contribution in [3.8, 4) is 0 Å². The van der Waals surface area contributed by atoms with Crippen LogP contribution in [0.5, 0.6) is 0 Å². The molecule has 2 aromatic rings. The first kappa shape index (κ1) is 17.8. The highest BCUT2D eigenvalue weighted by Crippen LogP contribution is 2.30. The number of hydrogen-bond acceptors (Lipinski definition) is 3. The van der Waals surface area contributed by atoms with Crippen LogP contribution in [0, 0.1) is 0 Å². The Morgan fingerprint density at radius 1 is 1.24 bits per heavy atom. The summed E-state index contributed by atoms with van der Waals surface area (Å²) >= 11 is 9.46. The van der Waals surface area contributed by atoms with Crippen LogP contribution in [0.2, 0.25) is 5.02 Å². The van der Waals surface area contributed by atoms with E-state index in [4.69, 9.17) is 11.6 Å². The van der Waals surface area contributed by atoms with E-state index in [-0.39, 0.29) is 18.4 Å². The molecule has 2 N–H and O–H groups in total. The normalized spacial score (nSPS) is 12.7. The lowest BCUT2D eigenvalue weighted by Crippen LogP contribution is -2.25. The van der Waals surface area contributed by atoms with E-state index in [2.05, 4.69) is 26.6 Å².